The molecule has 5 rings (SSSR count). The van der Waals surface area contributed by atoms with Crippen LogP contribution >= 0.6 is 0 Å². The number of ether oxygens (including phenoxy) is 1. The van der Waals surface area contributed by atoms with E-state index >= 15 is 4.39 Å². The van der Waals surface area contributed by atoms with Crippen molar-refractivity contribution in [1.29, 1.82) is 0 Å². The van der Waals surface area contributed by atoms with E-state index in [1.165, 1.54) is 29.0 Å². The quantitative estimate of drug-likeness (QED) is 0.292. The zero-order valence-corrected chi connectivity index (χ0v) is 19.2. The van der Waals surface area contributed by atoms with Gasteiger partial charge in [-0.2, -0.15) is 0 Å². The number of aryl methyl sites for hydroxylation is 2. The average molecular weight is 464 g/mol. The molecule has 0 aliphatic rings. The van der Waals surface area contributed by atoms with Crippen LogP contribution in [0.4, 0.5) is 4.39 Å². The molecule has 172 valence electrons. The number of carbonyl (C=O) groups is 1. The Labute approximate surface area is 201 Å². The summed E-state index contributed by atoms with van der Waals surface area (Å²) in [4.78, 5) is 29.7. The molecule has 3 aromatic carbocycles. The van der Waals surface area contributed by atoms with E-state index in [9.17, 15) is 9.59 Å². The largest absolute Gasteiger partial charge is 0.454 e. The summed E-state index contributed by atoms with van der Waals surface area (Å²) in [7, 11) is 0. The number of hydrogen-bond donors (Lipinski definition) is 0. The highest BCUT2D eigenvalue weighted by molar-refractivity contribution is 6.08. The summed E-state index contributed by atoms with van der Waals surface area (Å²) in [5.41, 5.74) is 3.60. The molecule has 0 bridgehead atoms. The lowest BCUT2D eigenvalue weighted by Crippen LogP contribution is -2.19. The standard InChI is InChI=1S/C29H21FN2O3/c1-18-14-23-25(15-19(18)2)31-12-10-26(23)35-27-9-8-22(17-24(27)30)32-13-11-21(16-28(32)33)29(34)20-6-4-3-5-7-20/h3-17H,1-2H3. The fraction of sp³-hybridized carbons (Fsp3) is 0.0690. The molecule has 0 aliphatic heterocycles. The van der Waals surface area contributed by atoms with Gasteiger partial charge in [0.15, 0.2) is 17.3 Å². The van der Waals surface area contributed by atoms with E-state index in [0.717, 1.165) is 22.0 Å². The van der Waals surface area contributed by atoms with Gasteiger partial charge in [-0.15, -0.1) is 0 Å². The fourth-order valence-corrected chi connectivity index (χ4v) is 3.90. The van der Waals surface area contributed by atoms with Crippen LogP contribution in [0.25, 0.3) is 16.6 Å². The highest BCUT2D eigenvalue weighted by Crippen LogP contribution is 2.32. The average Bonchev–Trinajstić information content (AvgIpc) is 2.86. The van der Waals surface area contributed by atoms with Gasteiger partial charge in [-0.05, 0) is 61.4 Å². The summed E-state index contributed by atoms with van der Waals surface area (Å²) in [6, 6.07) is 21.5. The minimum Gasteiger partial charge on any atom is -0.454 e. The Balaban J connectivity index is 1.44. The molecule has 0 unspecified atom stereocenters. The Hall–Kier alpha value is -4.58. The maximum absolute atomic E-state index is 15.0. The van der Waals surface area contributed by atoms with Crippen molar-refractivity contribution in [2.45, 2.75) is 13.8 Å². The molecule has 0 radical (unpaired) electrons. The molecule has 0 amide bonds. The van der Waals surface area contributed by atoms with Crippen LogP contribution in [0.3, 0.4) is 0 Å². The molecule has 5 nitrogen and oxygen atoms in total. The molecule has 0 aliphatic carbocycles. The number of ketones is 1. The van der Waals surface area contributed by atoms with Gasteiger partial charge in [0, 0.05) is 41.0 Å². The van der Waals surface area contributed by atoms with Gasteiger partial charge >= 0.3 is 0 Å². The summed E-state index contributed by atoms with van der Waals surface area (Å²) in [6.45, 7) is 4.01. The normalized spacial score (nSPS) is 10.9. The van der Waals surface area contributed by atoms with Crippen molar-refractivity contribution in [2.75, 3.05) is 0 Å². The van der Waals surface area contributed by atoms with E-state index in [1.54, 1.807) is 48.7 Å². The summed E-state index contributed by atoms with van der Waals surface area (Å²) >= 11 is 0. The second kappa shape index (κ2) is 8.99. The molecule has 0 spiro atoms. The van der Waals surface area contributed by atoms with Crippen LogP contribution in [0.15, 0.2) is 96.1 Å². The zero-order chi connectivity index (χ0) is 24.5. The Bertz CT molecular complexity index is 1640. The summed E-state index contributed by atoms with van der Waals surface area (Å²) in [5.74, 6) is -0.346. The first-order valence-corrected chi connectivity index (χ1v) is 11.1. The molecule has 0 fully saturated rings. The van der Waals surface area contributed by atoms with Gasteiger partial charge in [0.25, 0.3) is 5.56 Å². The molecule has 0 saturated carbocycles. The highest BCUT2D eigenvalue weighted by atomic mass is 19.1. The van der Waals surface area contributed by atoms with Gasteiger partial charge in [-0.1, -0.05) is 30.3 Å². The molecule has 0 atom stereocenters. The summed E-state index contributed by atoms with van der Waals surface area (Å²) in [6.07, 6.45) is 3.09. The number of carbonyl (C=O) groups excluding carboxylic acids is 1. The van der Waals surface area contributed by atoms with Gasteiger partial charge < -0.3 is 4.74 Å². The molecule has 2 aromatic heterocycles. The second-order valence-corrected chi connectivity index (χ2v) is 8.30. The lowest BCUT2D eigenvalue weighted by atomic mass is 10.0. The monoisotopic (exact) mass is 464 g/mol. The maximum Gasteiger partial charge on any atom is 0.255 e. The van der Waals surface area contributed by atoms with Crippen molar-refractivity contribution >= 4 is 16.7 Å². The van der Waals surface area contributed by atoms with Crippen LogP contribution in [-0.2, 0) is 0 Å². The van der Waals surface area contributed by atoms with Gasteiger partial charge in [0.05, 0.1) is 11.2 Å². The van der Waals surface area contributed by atoms with Crippen molar-refractivity contribution in [3.05, 3.63) is 130 Å². The second-order valence-electron chi connectivity index (χ2n) is 8.30. The van der Waals surface area contributed by atoms with Gasteiger partial charge in [-0.3, -0.25) is 19.1 Å². The topological polar surface area (TPSA) is 61.2 Å². The van der Waals surface area contributed by atoms with E-state index in [1.807, 2.05) is 32.0 Å². The number of rotatable bonds is 5. The molecule has 35 heavy (non-hydrogen) atoms. The third kappa shape index (κ3) is 4.34. The minimum atomic E-state index is -0.618. The van der Waals surface area contributed by atoms with Crippen molar-refractivity contribution in [1.82, 2.24) is 9.55 Å². The smallest absolute Gasteiger partial charge is 0.255 e. The Morgan fingerprint density at radius 3 is 2.37 bits per heavy atom. The molecule has 0 saturated heterocycles. The van der Waals surface area contributed by atoms with Crippen LogP contribution in [0.2, 0.25) is 0 Å². The molecular formula is C29H21FN2O3. The third-order valence-electron chi connectivity index (χ3n) is 5.95. The number of fused-ring (bicyclic) bond motifs is 1. The van der Waals surface area contributed by atoms with Crippen molar-refractivity contribution < 1.29 is 13.9 Å². The number of aromatic nitrogens is 2. The Morgan fingerprint density at radius 1 is 0.857 bits per heavy atom. The zero-order valence-electron chi connectivity index (χ0n) is 19.2. The first kappa shape index (κ1) is 22.2. The number of hydrogen-bond acceptors (Lipinski definition) is 4. The Kier molecular flexibility index (Phi) is 5.71. The lowest BCUT2D eigenvalue weighted by molar-refractivity contribution is 0.103. The molecular weight excluding hydrogens is 443 g/mol. The van der Waals surface area contributed by atoms with E-state index < -0.39 is 11.4 Å². The highest BCUT2D eigenvalue weighted by Gasteiger charge is 2.14. The van der Waals surface area contributed by atoms with E-state index in [-0.39, 0.29) is 17.1 Å². The predicted octanol–water partition coefficient (Wildman–Crippen LogP) is 6.16. The molecule has 0 N–H and O–H groups in total. The van der Waals surface area contributed by atoms with Gasteiger partial charge in [-0.25, -0.2) is 4.39 Å². The number of nitrogens with zero attached hydrogens (tertiary/aromatic N) is 2. The van der Waals surface area contributed by atoms with Crippen LogP contribution in [0, 0.1) is 19.7 Å². The molecule has 6 heteroatoms. The fourth-order valence-electron chi connectivity index (χ4n) is 3.90. The summed E-state index contributed by atoms with van der Waals surface area (Å²) < 4.78 is 22.2. The van der Waals surface area contributed by atoms with Crippen LogP contribution in [0.5, 0.6) is 11.5 Å². The van der Waals surface area contributed by atoms with Crippen LogP contribution < -0.4 is 10.3 Å². The van der Waals surface area contributed by atoms with E-state index in [2.05, 4.69) is 4.98 Å². The Morgan fingerprint density at radius 2 is 1.63 bits per heavy atom. The van der Waals surface area contributed by atoms with Crippen molar-refractivity contribution in [3.8, 4) is 17.2 Å². The van der Waals surface area contributed by atoms with Crippen LogP contribution in [-0.4, -0.2) is 15.3 Å². The SMILES string of the molecule is Cc1cc2nccc(Oc3ccc(-n4ccc(C(=O)c5ccccc5)cc4=O)cc3F)c2cc1C. The first-order chi connectivity index (χ1) is 16.9. The van der Waals surface area contributed by atoms with Crippen molar-refractivity contribution in [3.63, 3.8) is 0 Å². The number of benzene rings is 3. The van der Waals surface area contributed by atoms with Gasteiger partial charge in [0.1, 0.15) is 5.75 Å². The van der Waals surface area contributed by atoms with Crippen molar-refractivity contribution in [2.24, 2.45) is 0 Å². The van der Waals surface area contributed by atoms with Gasteiger partial charge in [0.2, 0.25) is 0 Å². The van der Waals surface area contributed by atoms with Crippen LogP contribution in [0.1, 0.15) is 27.0 Å². The molecule has 5 aromatic rings. The maximum atomic E-state index is 15.0. The van der Waals surface area contributed by atoms with E-state index in [0.29, 0.717) is 17.0 Å². The third-order valence-corrected chi connectivity index (χ3v) is 5.95. The van der Waals surface area contributed by atoms with E-state index in [4.69, 9.17) is 4.74 Å². The minimum absolute atomic E-state index is 0.0309. The predicted molar refractivity (Wildman–Crippen MR) is 133 cm³/mol. The molecule has 2 heterocycles. The number of pyridine rings is 2. The number of halogens is 1. The summed E-state index contributed by atoms with van der Waals surface area (Å²) in [5, 5.41) is 0.786. The lowest BCUT2D eigenvalue weighted by Gasteiger charge is -2.12. The first-order valence-electron chi connectivity index (χ1n) is 11.1.